The van der Waals surface area contributed by atoms with Gasteiger partial charge in [0.25, 0.3) is 0 Å². The first-order valence-electron chi connectivity index (χ1n) is 27.6. The number of hydrogen-bond donors (Lipinski definition) is 0. The van der Waals surface area contributed by atoms with Crippen molar-refractivity contribution in [3.8, 4) is 151 Å². The molecule has 0 aliphatic rings. The molecular weight excluding hydrogens is 1090 g/mol. The van der Waals surface area contributed by atoms with E-state index in [1.54, 1.807) is 69.3 Å². The van der Waals surface area contributed by atoms with Crippen LogP contribution in [0.4, 0.5) is 0 Å². The molecule has 10 rings (SSSR count). The summed E-state index contributed by atoms with van der Waals surface area (Å²) in [5, 5.41) is 0. The van der Waals surface area contributed by atoms with Crippen LogP contribution < -0.4 is 37.9 Å². The van der Waals surface area contributed by atoms with Gasteiger partial charge in [-0.15, -0.1) is 0 Å². The Kier molecular flexibility index (Phi) is 19.0. The zero-order chi connectivity index (χ0) is 61.2. The van der Waals surface area contributed by atoms with Crippen LogP contribution in [0.2, 0.25) is 0 Å². The maximum atomic E-state index is 5.77. The number of ether oxygens (including phenoxy) is 8. The molecule has 0 atom stereocenters. The SMILES string of the molecule is COc1ccc(OC)c(C#Cc2ccc(-c3ccc(C#Cc4cc(OC)c(C#Cc5ccc(-c6ccc(C#Cc7cc(OC)c(C#Cc8ccc(-c9ccc(C#Cc%10cc(OC)ccc%10OC)cc9)cc8)cc7OC)cn6)nc5)cc4OC)cc3)cc2)c1. The summed E-state index contributed by atoms with van der Waals surface area (Å²) in [5.41, 5.74) is 14.6. The molecule has 10 nitrogen and oxygen atoms in total. The fraction of sp³-hybridized carbons (Fsp3) is 0.103. The molecule has 10 aromatic rings. The summed E-state index contributed by atoms with van der Waals surface area (Å²) in [7, 11) is 12.9. The lowest BCUT2D eigenvalue weighted by Gasteiger charge is -2.09. The quantitative estimate of drug-likeness (QED) is 0.116. The Morgan fingerprint density at radius 2 is 0.455 bits per heavy atom. The molecule has 0 aliphatic carbocycles. The van der Waals surface area contributed by atoms with E-state index >= 15 is 0 Å². The third kappa shape index (κ3) is 14.6. The Morgan fingerprint density at radius 3 is 0.682 bits per heavy atom. The molecule has 0 amide bonds. The van der Waals surface area contributed by atoms with Crippen molar-refractivity contribution in [2.75, 3.05) is 56.9 Å². The van der Waals surface area contributed by atoms with E-state index in [9.17, 15) is 0 Å². The summed E-state index contributed by atoms with van der Waals surface area (Å²) in [6, 6.07) is 58.4. The summed E-state index contributed by atoms with van der Waals surface area (Å²) < 4.78 is 44.7. The van der Waals surface area contributed by atoms with Crippen LogP contribution in [-0.4, -0.2) is 66.8 Å². The fourth-order valence-electron chi connectivity index (χ4n) is 9.07. The predicted octanol–water partition coefficient (Wildman–Crippen LogP) is 13.9. The molecule has 0 radical (unpaired) electrons. The second-order valence-corrected chi connectivity index (χ2v) is 19.3. The van der Waals surface area contributed by atoms with Crippen LogP contribution in [0.5, 0.6) is 46.0 Å². The number of benzene rings is 8. The zero-order valence-electron chi connectivity index (χ0n) is 49.6. The first kappa shape index (κ1) is 59.0. The molecule has 0 saturated carbocycles. The number of rotatable bonds is 11. The Bertz CT molecular complexity index is 4280. The molecule has 2 heterocycles. The van der Waals surface area contributed by atoms with Crippen molar-refractivity contribution < 1.29 is 37.9 Å². The minimum Gasteiger partial charge on any atom is -0.497 e. The number of hydrogen-bond acceptors (Lipinski definition) is 10. The van der Waals surface area contributed by atoms with E-state index in [1.165, 1.54) is 0 Å². The van der Waals surface area contributed by atoms with Crippen LogP contribution >= 0.6 is 0 Å². The van der Waals surface area contributed by atoms with Crippen molar-refractivity contribution in [2.24, 2.45) is 0 Å². The minimum absolute atomic E-state index is 0.565. The molecular formula is C78H56N2O8. The van der Waals surface area contributed by atoms with Gasteiger partial charge in [0, 0.05) is 70.0 Å². The highest BCUT2D eigenvalue weighted by atomic mass is 16.5. The van der Waals surface area contributed by atoms with Crippen LogP contribution in [0.15, 0.2) is 194 Å². The van der Waals surface area contributed by atoms with E-state index < -0.39 is 0 Å². The molecule has 2 aromatic heterocycles. The van der Waals surface area contributed by atoms with E-state index in [1.807, 2.05) is 158 Å². The summed E-state index contributed by atoms with van der Waals surface area (Å²) in [6.07, 6.45) is 3.43. The molecule has 0 aliphatic heterocycles. The van der Waals surface area contributed by atoms with Gasteiger partial charge in [-0.2, -0.15) is 0 Å². The molecule has 88 heavy (non-hydrogen) atoms. The Morgan fingerprint density at radius 1 is 0.216 bits per heavy atom. The monoisotopic (exact) mass is 1150 g/mol. The molecule has 10 heteroatoms. The van der Waals surface area contributed by atoms with Crippen LogP contribution in [-0.2, 0) is 0 Å². The van der Waals surface area contributed by atoms with Gasteiger partial charge in [0.1, 0.15) is 46.0 Å². The van der Waals surface area contributed by atoms with Crippen molar-refractivity contribution in [1.29, 1.82) is 0 Å². The normalized spacial score (nSPS) is 9.95. The first-order valence-corrected chi connectivity index (χ1v) is 27.6. The lowest BCUT2D eigenvalue weighted by atomic mass is 10.0. The molecule has 0 unspecified atom stereocenters. The molecule has 0 N–H and O–H groups in total. The van der Waals surface area contributed by atoms with Gasteiger partial charge in [-0.05, 0) is 131 Å². The highest BCUT2D eigenvalue weighted by Crippen LogP contribution is 2.31. The van der Waals surface area contributed by atoms with Crippen LogP contribution in [0.1, 0.15) is 66.8 Å². The van der Waals surface area contributed by atoms with Crippen molar-refractivity contribution >= 4 is 0 Å². The molecule has 0 fully saturated rings. The average Bonchev–Trinajstić information content (AvgIpc) is 3.78. The standard InChI is InChI=1S/C78H56N2O8/c1-81-69-39-43-73(83-3)63(45-69)33-17-53-9-25-59(26-10-53)61-29-13-55(14-30-61)19-35-65-47-77(87-7)67(49-75(65)85-5)37-21-57-23-41-71(79-51-57)72-42-24-58(52-80-72)22-38-68-50-76(86-6)66(48-78(68)88-8)36-20-56-15-31-62(32-16-56)60-27-11-54(12-28-60)18-34-64-46-70(82-2)40-44-74(64)84-4/h9-16,23-32,39-52H,1-8H3. The van der Waals surface area contributed by atoms with Crippen molar-refractivity contribution in [2.45, 2.75) is 0 Å². The summed E-state index contributed by atoms with van der Waals surface area (Å²) in [4.78, 5) is 9.33. The van der Waals surface area contributed by atoms with Crippen LogP contribution in [0, 0.1) is 71.0 Å². The highest BCUT2D eigenvalue weighted by Gasteiger charge is 2.12. The van der Waals surface area contributed by atoms with Crippen molar-refractivity contribution in [1.82, 2.24) is 9.97 Å². The van der Waals surface area contributed by atoms with E-state index in [4.69, 9.17) is 37.9 Å². The second-order valence-electron chi connectivity index (χ2n) is 19.3. The third-order valence-electron chi connectivity index (χ3n) is 13.9. The van der Waals surface area contributed by atoms with E-state index in [0.717, 1.165) is 67.1 Å². The van der Waals surface area contributed by atoms with Gasteiger partial charge in [0.15, 0.2) is 0 Å². The Balaban J connectivity index is 0.750. The molecule has 0 saturated heterocycles. The van der Waals surface area contributed by atoms with Gasteiger partial charge in [-0.1, -0.05) is 120 Å². The highest BCUT2D eigenvalue weighted by molar-refractivity contribution is 5.69. The molecule has 8 aromatic carbocycles. The zero-order valence-corrected chi connectivity index (χ0v) is 49.6. The van der Waals surface area contributed by atoms with E-state index in [2.05, 4.69) is 105 Å². The molecule has 0 bridgehead atoms. The van der Waals surface area contributed by atoms with Gasteiger partial charge in [0.05, 0.1) is 102 Å². The number of methoxy groups -OCH3 is 8. The van der Waals surface area contributed by atoms with Crippen LogP contribution in [0.3, 0.4) is 0 Å². The van der Waals surface area contributed by atoms with Crippen molar-refractivity contribution in [3.63, 3.8) is 0 Å². The number of nitrogens with zero attached hydrogens (tertiary/aromatic N) is 2. The summed E-state index contributed by atoms with van der Waals surface area (Å²) in [6.45, 7) is 0. The number of pyridine rings is 2. The van der Waals surface area contributed by atoms with Gasteiger partial charge in [0.2, 0.25) is 0 Å². The second kappa shape index (κ2) is 28.4. The third-order valence-corrected chi connectivity index (χ3v) is 13.9. The van der Waals surface area contributed by atoms with E-state index in [-0.39, 0.29) is 0 Å². The topological polar surface area (TPSA) is 99.6 Å². The van der Waals surface area contributed by atoms with Crippen molar-refractivity contribution in [3.05, 3.63) is 261 Å². The molecule has 0 spiro atoms. The van der Waals surface area contributed by atoms with Gasteiger partial charge in [-0.3, -0.25) is 9.97 Å². The average molecular weight is 1150 g/mol. The van der Waals surface area contributed by atoms with E-state index in [0.29, 0.717) is 79.3 Å². The Hall–Kier alpha value is -12.2. The fourth-order valence-corrected chi connectivity index (χ4v) is 9.07. The lowest BCUT2D eigenvalue weighted by molar-refractivity contribution is 0.401. The predicted molar refractivity (Wildman–Crippen MR) is 345 cm³/mol. The smallest absolute Gasteiger partial charge is 0.136 e. The maximum Gasteiger partial charge on any atom is 0.136 e. The largest absolute Gasteiger partial charge is 0.497 e. The minimum atomic E-state index is 0.565. The van der Waals surface area contributed by atoms with Crippen LogP contribution in [0.25, 0.3) is 33.6 Å². The van der Waals surface area contributed by atoms with Gasteiger partial charge >= 0.3 is 0 Å². The molecule has 426 valence electrons. The number of aromatic nitrogens is 2. The Labute approximate surface area is 514 Å². The first-order chi connectivity index (χ1) is 43.2. The summed E-state index contributed by atoms with van der Waals surface area (Å²) >= 11 is 0. The maximum absolute atomic E-state index is 5.77. The summed E-state index contributed by atoms with van der Waals surface area (Å²) in [5.74, 6) is 43.9. The lowest BCUT2D eigenvalue weighted by Crippen LogP contribution is -1.94. The van der Waals surface area contributed by atoms with Gasteiger partial charge in [-0.25, -0.2) is 0 Å². The van der Waals surface area contributed by atoms with Gasteiger partial charge < -0.3 is 37.9 Å².